The third-order valence-corrected chi connectivity index (χ3v) is 5.65. The van der Waals surface area contributed by atoms with E-state index in [-0.39, 0.29) is 11.1 Å². The molecule has 11 heteroatoms. The van der Waals surface area contributed by atoms with Gasteiger partial charge in [0.1, 0.15) is 6.04 Å². The van der Waals surface area contributed by atoms with Crippen LogP contribution in [0.15, 0.2) is 54.6 Å². The van der Waals surface area contributed by atoms with Gasteiger partial charge in [-0.1, -0.05) is 49.6 Å². The number of benzene rings is 2. The molecule has 0 aliphatic heterocycles. The predicted molar refractivity (Wildman–Crippen MR) is 145 cm³/mol. The van der Waals surface area contributed by atoms with Crippen LogP contribution in [0.1, 0.15) is 74.6 Å². The molecule has 0 saturated heterocycles. The largest absolute Gasteiger partial charge is 0.439 e. The van der Waals surface area contributed by atoms with E-state index in [0.29, 0.717) is 22.9 Å². The van der Waals surface area contributed by atoms with Gasteiger partial charge in [-0.25, -0.2) is 14.6 Å². The second kappa shape index (κ2) is 14.3. The molecule has 1 unspecified atom stereocenters. The maximum absolute atomic E-state index is 13.6. The van der Waals surface area contributed by atoms with Crippen molar-refractivity contribution in [3.05, 3.63) is 70.7 Å². The lowest BCUT2D eigenvalue weighted by Gasteiger charge is -2.41. The number of nitrogens with one attached hydrogen (secondary N) is 1. The first-order valence-corrected chi connectivity index (χ1v) is 12.8. The molecular formula is C28H34ClN3O7. The fourth-order valence-corrected chi connectivity index (χ4v) is 3.70. The number of nitrogens with zero attached hydrogens (tertiary/aromatic N) is 2. The molecule has 0 aromatic heterocycles. The zero-order valence-electron chi connectivity index (χ0n) is 22.7. The Morgan fingerprint density at radius 1 is 0.897 bits per heavy atom. The van der Waals surface area contributed by atoms with Crippen LogP contribution in [0, 0.1) is 0 Å². The zero-order chi connectivity index (χ0) is 29.2. The highest BCUT2D eigenvalue weighted by molar-refractivity contribution is 6.30. The molecule has 0 saturated carbocycles. The van der Waals surface area contributed by atoms with Crippen molar-refractivity contribution < 1.29 is 33.4 Å². The van der Waals surface area contributed by atoms with E-state index in [0.717, 1.165) is 11.4 Å². The maximum atomic E-state index is 13.6. The van der Waals surface area contributed by atoms with Crippen LogP contribution in [0.4, 0.5) is 4.79 Å². The standard InChI is InChI=1S/C28H34ClN3O7/c1-6-7-13-23(30-19(2)33)26(36)38-18-39-27(37)31(24(34)21-14-16-22(29)17-15-21)32(28(3,4)5)25(35)20-11-9-8-10-12-20/h8-12,14-17,23H,6-7,13,18H2,1-5H3,(H,30,33). The van der Waals surface area contributed by atoms with Crippen LogP contribution in [-0.2, 0) is 19.1 Å². The van der Waals surface area contributed by atoms with Gasteiger partial charge in [0, 0.05) is 23.1 Å². The van der Waals surface area contributed by atoms with Crippen molar-refractivity contribution in [1.29, 1.82) is 0 Å². The number of imide groups is 1. The number of unbranched alkanes of at least 4 members (excludes halogenated alkanes) is 1. The lowest BCUT2D eigenvalue weighted by molar-refractivity contribution is -0.157. The molecule has 1 atom stereocenters. The van der Waals surface area contributed by atoms with Crippen LogP contribution >= 0.6 is 11.6 Å². The average molecular weight is 560 g/mol. The molecule has 2 aromatic rings. The fourth-order valence-electron chi connectivity index (χ4n) is 3.57. The second-order valence-electron chi connectivity index (χ2n) is 9.66. The second-order valence-corrected chi connectivity index (χ2v) is 10.1. The molecule has 0 fully saturated rings. The molecule has 0 bridgehead atoms. The van der Waals surface area contributed by atoms with Gasteiger partial charge < -0.3 is 14.8 Å². The Hall–Kier alpha value is -3.92. The number of hydrogen-bond acceptors (Lipinski definition) is 7. The number of hydrogen-bond donors (Lipinski definition) is 1. The molecule has 0 radical (unpaired) electrons. The summed E-state index contributed by atoms with van der Waals surface area (Å²) in [6.45, 7) is 7.31. The minimum atomic E-state index is -1.24. The van der Waals surface area contributed by atoms with Gasteiger partial charge in [-0.15, -0.1) is 5.01 Å². The Balaban J connectivity index is 2.35. The third kappa shape index (κ3) is 9.10. The van der Waals surface area contributed by atoms with Crippen molar-refractivity contribution >= 4 is 41.4 Å². The summed E-state index contributed by atoms with van der Waals surface area (Å²) in [6.07, 6.45) is 0.545. The Labute approximate surface area is 233 Å². The summed E-state index contributed by atoms with van der Waals surface area (Å²) in [7, 11) is 0. The number of carbonyl (C=O) groups is 5. The summed E-state index contributed by atoms with van der Waals surface area (Å²) in [5, 5.41) is 4.45. The highest BCUT2D eigenvalue weighted by atomic mass is 35.5. The molecule has 0 spiro atoms. The molecule has 4 amide bonds. The molecule has 0 heterocycles. The predicted octanol–water partition coefficient (Wildman–Crippen LogP) is 4.97. The third-order valence-electron chi connectivity index (χ3n) is 5.40. The van der Waals surface area contributed by atoms with Crippen LogP contribution in [0.25, 0.3) is 0 Å². The Morgan fingerprint density at radius 3 is 2.03 bits per heavy atom. The van der Waals surface area contributed by atoms with Crippen molar-refractivity contribution in [3.8, 4) is 0 Å². The Kier molecular flexibility index (Phi) is 11.5. The summed E-state index contributed by atoms with van der Waals surface area (Å²) in [5.74, 6) is -2.70. The number of rotatable bonds is 9. The number of carbonyl (C=O) groups excluding carboxylic acids is 5. The van der Waals surface area contributed by atoms with Gasteiger partial charge in [-0.05, 0) is 63.6 Å². The molecule has 1 N–H and O–H groups in total. The van der Waals surface area contributed by atoms with Gasteiger partial charge in [0.25, 0.3) is 11.8 Å². The number of hydrazine groups is 1. The van der Waals surface area contributed by atoms with Crippen LogP contribution in [0.3, 0.4) is 0 Å². The van der Waals surface area contributed by atoms with E-state index in [4.69, 9.17) is 21.1 Å². The maximum Gasteiger partial charge on any atom is 0.439 e. The fraction of sp³-hybridized carbons (Fsp3) is 0.393. The van der Waals surface area contributed by atoms with E-state index in [2.05, 4.69) is 5.32 Å². The SMILES string of the molecule is CCCCC(NC(C)=O)C(=O)OCOC(=O)N(C(=O)c1ccc(Cl)cc1)N(C(=O)c1ccccc1)C(C)(C)C. The summed E-state index contributed by atoms with van der Waals surface area (Å²) in [5.41, 5.74) is -0.773. The normalized spacial score (nSPS) is 11.6. The first kappa shape index (κ1) is 31.3. The van der Waals surface area contributed by atoms with Gasteiger partial charge >= 0.3 is 12.1 Å². The van der Waals surface area contributed by atoms with E-state index in [9.17, 15) is 24.0 Å². The van der Waals surface area contributed by atoms with E-state index >= 15 is 0 Å². The van der Waals surface area contributed by atoms with Crippen LogP contribution in [0.2, 0.25) is 5.02 Å². The lowest BCUT2D eigenvalue weighted by atomic mass is 10.1. The van der Waals surface area contributed by atoms with Gasteiger partial charge in [-0.3, -0.25) is 14.4 Å². The van der Waals surface area contributed by atoms with Crippen LogP contribution in [-0.4, -0.2) is 58.2 Å². The van der Waals surface area contributed by atoms with Crippen molar-refractivity contribution in [1.82, 2.24) is 15.3 Å². The number of amides is 4. The molecule has 210 valence electrons. The average Bonchev–Trinajstić information content (AvgIpc) is 2.88. The molecule has 0 aliphatic carbocycles. The highest BCUT2D eigenvalue weighted by Crippen LogP contribution is 2.24. The monoisotopic (exact) mass is 559 g/mol. The smallest absolute Gasteiger partial charge is 0.426 e. The van der Waals surface area contributed by atoms with Gasteiger partial charge in [-0.2, -0.15) is 0 Å². The van der Waals surface area contributed by atoms with Crippen molar-refractivity contribution in [2.75, 3.05) is 6.79 Å². The molecular weight excluding hydrogens is 526 g/mol. The van der Waals surface area contributed by atoms with Gasteiger partial charge in [0.2, 0.25) is 12.7 Å². The Morgan fingerprint density at radius 2 is 1.49 bits per heavy atom. The number of ether oxygens (including phenoxy) is 2. The molecule has 10 nitrogen and oxygen atoms in total. The summed E-state index contributed by atoms with van der Waals surface area (Å²) in [4.78, 5) is 64.5. The highest BCUT2D eigenvalue weighted by Gasteiger charge is 2.41. The van der Waals surface area contributed by atoms with E-state index in [1.165, 1.54) is 31.2 Å². The van der Waals surface area contributed by atoms with Gasteiger partial charge in [0.05, 0.1) is 5.54 Å². The minimum absolute atomic E-state index is 0.0637. The molecule has 0 aliphatic rings. The van der Waals surface area contributed by atoms with Gasteiger partial charge in [0.15, 0.2) is 0 Å². The first-order chi connectivity index (χ1) is 18.4. The number of halogens is 1. The first-order valence-electron chi connectivity index (χ1n) is 12.5. The van der Waals surface area contributed by atoms with Crippen molar-refractivity contribution in [2.24, 2.45) is 0 Å². The van der Waals surface area contributed by atoms with Crippen molar-refractivity contribution in [2.45, 2.75) is 65.5 Å². The van der Waals surface area contributed by atoms with Crippen molar-refractivity contribution in [3.63, 3.8) is 0 Å². The zero-order valence-corrected chi connectivity index (χ0v) is 23.5. The quantitative estimate of drug-likeness (QED) is 0.261. The summed E-state index contributed by atoms with van der Waals surface area (Å²) < 4.78 is 10.2. The lowest BCUT2D eigenvalue weighted by Crippen LogP contribution is -2.60. The summed E-state index contributed by atoms with van der Waals surface area (Å²) >= 11 is 5.96. The van der Waals surface area contributed by atoms with Crippen LogP contribution in [0.5, 0.6) is 0 Å². The van der Waals surface area contributed by atoms with E-state index in [1.54, 1.807) is 51.1 Å². The van der Waals surface area contributed by atoms with E-state index < -0.39 is 48.2 Å². The molecule has 2 rings (SSSR count). The van der Waals surface area contributed by atoms with Crippen LogP contribution < -0.4 is 5.32 Å². The summed E-state index contributed by atoms with van der Waals surface area (Å²) in [6, 6.07) is 13.0. The molecule has 2 aromatic carbocycles. The Bertz CT molecular complexity index is 1160. The van der Waals surface area contributed by atoms with E-state index in [1.807, 2.05) is 6.92 Å². The minimum Gasteiger partial charge on any atom is -0.426 e. The number of esters is 1. The molecule has 39 heavy (non-hydrogen) atoms. The topological polar surface area (TPSA) is 122 Å².